The third-order valence-corrected chi connectivity index (χ3v) is 3.42. The van der Waals surface area contributed by atoms with Crippen LogP contribution in [0.5, 0.6) is 0 Å². The quantitative estimate of drug-likeness (QED) is 0.881. The van der Waals surface area contributed by atoms with E-state index in [4.69, 9.17) is 0 Å². The number of hydrogen-bond acceptors (Lipinski definition) is 4. The van der Waals surface area contributed by atoms with E-state index in [2.05, 4.69) is 23.3 Å². The molecule has 5 heteroatoms. The van der Waals surface area contributed by atoms with Crippen LogP contribution in [0.15, 0.2) is 28.6 Å². The second kappa shape index (κ2) is 4.49. The Labute approximate surface area is 97.6 Å². The second-order valence-electron chi connectivity index (χ2n) is 3.57. The van der Waals surface area contributed by atoms with Crippen molar-refractivity contribution < 1.29 is 0 Å². The Hall–Kier alpha value is -1.62. The molecule has 0 spiro atoms. The van der Waals surface area contributed by atoms with Crippen LogP contribution in [0.1, 0.15) is 10.4 Å². The van der Waals surface area contributed by atoms with Crippen molar-refractivity contribution in [1.29, 1.82) is 0 Å². The molecule has 0 aromatic carbocycles. The minimum absolute atomic E-state index is 0.100. The number of aromatic nitrogens is 2. The van der Waals surface area contributed by atoms with E-state index in [1.807, 2.05) is 5.38 Å². The summed E-state index contributed by atoms with van der Waals surface area (Å²) in [5, 5.41) is 5.11. The lowest BCUT2D eigenvalue weighted by Gasteiger charge is -2.05. The van der Waals surface area contributed by atoms with Crippen molar-refractivity contribution in [1.82, 2.24) is 9.55 Å². The van der Waals surface area contributed by atoms with Crippen molar-refractivity contribution in [2.45, 2.75) is 13.5 Å². The topological polar surface area (TPSA) is 46.9 Å². The zero-order chi connectivity index (χ0) is 11.5. The average Bonchev–Trinajstić information content (AvgIpc) is 2.67. The highest BCUT2D eigenvalue weighted by atomic mass is 32.1. The lowest BCUT2D eigenvalue weighted by molar-refractivity contribution is 0.839. The van der Waals surface area contributed by atoms with E-state index >= 15 is 0 Å². The summed E-state index contributed by atoms with van der Waals surface area (Å²) in [5.41, 5.74) is 1.14. The first-order chi connectivity index (χ1) is 7.68. The summed E-state index contributed by atoms with van der Waals surface area (Å²) < 4.78 is 1.51. The Morgan fingerprint density at radius 2 is 2.38 bits per heavy atom. The molecule has 2 rings (SSSR count). The Morgan fingerprint density at radius 3 is 3.06 bits per heavy atom. The van der Waals surface area contributed by atoms with Gasteiger partial charge in [-0.2, -0.15) is 0 Å². The maximum atomic E-state index is 11.7. The highest BCUT2D eigenvalue weighted by Gasteiger charge is 2.03. The number of rotatable bonds is 3. The Kier molecular flexibility index (Phi) is 3.05. The summed E-state index contributed by atoms with van der Waals surface area (Å²) in [6.45, 7) is 2.71. The number of nitrogens with zero attached hydrogens (tertiary/aromatic N) is 2. The molecule has 2 aromatic rings. The maximum Gasteiger partial charge on any atom is 0.293 e. The van der Waals surface area contributed by atoms with Gasteiger partial charge < -0.3 is 9.88 Å². The van der Waals surface area contributed by atoms with Crippen LogP contribution in [0.2, 0.25) is 0 Å². The number of thiophene rings is 1. The normalized spacial score (nSPS) is 10.4. The van der Waals surface area contributed by atoms with Gasteiger partial charge in [0.2, 0.25) is 0 Å². The molecule has 0 aliphatic carbocycles. The number of hydrogen-bond donors (Lipinski definition) is 1. The van der Waals surface area contributed by atoms with Crippen LogP contribution in [0, 0.1) is 6.92 Å². The fourth-order valence-electron chi connectivity index (χ4n) is 1.37. The molecular formula is C11H13N3OS. The first-order valence-electron chi connectivity index (χ1n) is 4.97. The highest BCUT2D eigenvalue weighted by Crippen LogP contribution is 2.15. The zero-order valence-electron chi connectivity index (χ0n) is 9.23. The summed E-state index contributed by atoms with van der Waals surface area (Å²) in [6, 6.07) is 2.07. The standard InChI is InChI=1S/C11H13N3OS/c1-8-3-6-16-9(8)7-13-10-11(15)14(2)5-4-12-10/h3-6H,7H2,1-2H3,(H,12,13). The molecule has 2 aromatic heterocycles. The van der Waals surface area contributed by atoms with E-state index in [-0.39, 0.29) is 5.56 Å². The predicted octanol–water partition coefficient (Wildman–Crippen LogP) is 1.76. The molecule has 0 saturated heterocycles. The summed E-state index contributed by atoms with van der Waals surface area (Å²) in [4.78, 5) is 16.9. The largest absolute Gasteiger partial charge is 0.361 e. The molecule has 84 valence electrons. The van der Waals surface area contributed by atoms with Crippen LogP contribution in [0.3, 0.4) is 0 Å². The lowest BCUT2D eigenvalue weighted by atomic mass is 10.3. The SMILES string of the molecule is Cc1ccsc1CNc1nccn(C)c1=O. The van der Waals surface area contributed by atoms with Crippen LogP contribution in [0.4, 0.5) is 5.82 Å². The fourth-order valence-corrected chi connectivity index (χ4v) is 2.21. The van der Waals surface area contributed by atoms with Crippen molar-refractivity contribution in [3.05, 3.63) is 44.6 Å². The van der Waals surface area contributed by atoms with Crippen LogP contribution in [-0.4, -0.2) is 9.55 Å². The van der Waals surface area contributed by atoms with Gasteiger partial charge in [0.05, 0.1) is 6.54 Å². The average molecular weight is 235 g/mol. The Morgan fingerprint density at radius 1 is 1.56 bits per heavy atom. The van der Waals surface area contributed by atoms with E-state index < -0.39 is 0 Å². The lowest BCUT2D eigenvalue weighted by Crippen LogP contribution is -2.21. The van der Waals surface area contributed by atoms with E-state index in [1.54, 1.807) is 30.8 Å². The van der Waals surface area contributed by atoms with Crippen LogP contribution in [0.25, 0.3) is 0 Å². The van der Waals surface area contributed by atoms with Gasteiger partial charge in [0.15, 0.2) is 5.82 Å². The summed E-state index contributed by atoms with van der Waals surface area (Å²) >= 11 is 1.68. The summed E-state index contributed by atoms with van der Waals surface area (Å²) in [6.07, 6.45) is 3.26. The highest BCUT2D eigenvalue weighted by molar-refractivity contribution is 7.10. The molecule has 0 radical (unpaired) electrons. The van der Waals surface area contributed by atoms with E-state index in [1.165, 1.54) is 15.0 Å². The van der Waals surface area contributed by atoms with Crippen LogP contribution < -0.4 is 10.9 Å². The zero-order valence-corrected chi connectivity index (χ0v) is 10.0. The predicted molar refractivity (Wildman–Crippen MR) is 65.9 cm³/mol. The number of nitrogens with one attached hydrogen (secondary N) is 1. The molecule has 0 aliphatic heterocycles. The molecule has 0 amide bonds. The minimum Gasteiger partial charge on any atom is -0.361 e. The third kappa shape index (κ3) is 2.14. The van der Waals surface area contributed by atoms with Crippen molar-refractivity contribution >= 4 is 17.2 Å². The van der Waals surface area contributed by atoms with Gasteiger partial charge in [-0.15, -0.1) is 11.3 Å². The van der Waals surface area contributed by atoms with Gasteiger partial charge in [-0.25, -0.2) is 4.98 Å². The van der Waals surface area contributed by atoms with Crippen molar-refractivity contribution in [3.63, 3.8) is 0 Å². The van der Waals surface area contributed by atoms with Crippen LogP contribution in [-0.2, 0) is 13.6 Å². The van der Waals surface area contributed by atoms with E-state index in [9.17, 15) is 4.79 Å². The fraction of sp³-hybridized carbons (Fsp3) is 0.273. The first-order valence-corrected chi connectivity index (χ1v) is 5.85. The molecule has 16 heavy (non-hydrogen) atoms. The Bertz CT molecular complexity index is 544. The van der Waals surface area contributed by atoms with Crippen molar-refractivity contribution in [2.75, 3.05) is 5.32 Å². The molecule has 1 N–H and O–H groups in total. The molecule has 0 unspecified atom stereocenters. The van der Waals surface area contributed by atoms with Gasteiger partial charge in [-0.05, 0) is 23.9 Å². The molecule has 0 fully saturated rings. The second-order valence-corrected chi connectivity index (χ2v) is 4.57. The molecule has 0 bridgehead atoms. The van der Waals surface area contributed by atoms with Gasteiger partial charge in [0.1, 0.15) is 0 Å². The Balaban J connectivity index is 2.14. The van der Waals surface area contributed by atoms with E-state index in [0.717, 1.165) is 0 Å². The van der Waals surface area contributed by atoms with Gasteiger partial charge in [0.25, 0.3) is 5.56 Å². The molecule has 0 atom stereocenters. The molecule has 0 aliphatic rings. The van der Waals surface area contributed by atoms with Gasteiger partial charge in [0, 0.05) is 24.3 Å². The summed E-state index contributed by atoms with van der Waals surface area (Å²) in [7, 11) is 1.71. The van der Waals surface area contributed by atoms with Gasteiger partial charge in [-0.3, -0.25) is 4.79 Å². The number of aryl methyl sites for hydroxylation is 2. The monoisotopic (exact) mass is 235 g/mol. The van der Waals surface area contributed by atoms with Gasteiger partial charge >= 0.3 is 0 Å². The third-order valence-electron chi connectivity index (χ3n) is 2.40. The molecule has 2 heterocycles. The van der Waals surface area contributed by atoms with Crippen molar-refractivity contribution in [2.24, 2.45) is 7.05 Å². The smallest absolute Gasteiger partial charge is 0.293 e. The summed E-state index contributed by atoms with van der Waals surface area (Å²) in [5.74, 6) is 0.401. The van der Waals surface area contributed by atoms with Gasteiger partial charge in [-0.1, -0.05) is 0 Å². The van der Waals surface area contributed by atoms with Crippen molar-refractivity contribution in [3.8, 4) is 0 Å². The maximum absolute atomic E-state index is 11.7. The molecule has 0 saturated carbocycles. The minimum atomic E-state index is -0.100. The molecular weight excluding hydrogens is 222 g/mol. The van der Waals surface area contributed by atoms with Crippen LogP contribution >= 0.6 is 11.3 Å². The molecule has 4 nitrogen and oxygen atoms in total. The first kappa shape index (κ1) is 10.9. The van der Waals surface area contributed by atoms with E-state index in [0.29, 0.717) is 12.4 Å². The number of anilines is 1.